The minimum absolute atomic E-state index is 0.0510. The Bertz CT molecular complexity index is 1300. The fraction of sp³-hybridized carbons (Fsp3) is 0.840. The van der Waals surface area contributed by atoms with E-state index in [-0.39, 0.29) is 32.0 Å². The molecule has 0 saturated carbocycles. The number of aliphatic hydroxyl groups excluding tert-OH is 8. The number of alkyl halides is 2. The average Bonchev–Trinajstić information content (AvgIpc) is 3.77. The van der Waals surface area contributed by atoms with Crippen molar-refractivity contribution in [2.45, 2.75) is 111 Å². The SMILES string of the molecule is COCn1cc(C[C@H]2O[C@@H](OCc3cn(C[C@H]4O[C@@](CCl)(OC5O[C@H](CO)[C@H](Cl)[C@H](O)[C@H]5O)[C@@H](O)[C@@H]4O)nn3)[C@@H](O)[C@@H](O)[C@H]2O)nn1. The van der Waals surface area contributed by atoms with Crippen LogP contribution < -0.4 is 0 Å². The first kappa shape index (κ1) is 36.6. The molecule has 3 aliphatic heterocycles. The highest BCUT2D eigenvalue weighted by molar-refractivity contribution is 6.21. The van der Waals surface area contributed by atoms with E-state index in [0.29, 0.717) is 5.69 Å². The maximum Gasteiger partial charge on any atom is 0.214 e. The summed E-state index contributed by atoms with van der Waals surface area (Å²) in [7, 11) is 1.49. The lowest BCUT2D eigenvalue weighted by Gasteiger charge is -2.43. The summed E-state index contributed by atoms with van der Waals surface area (Å²) >= 11 is 12.1. The molecule has 47 heavy (non-hydrogen) atoms. The van der Waals surface area contributed by atoms with E-state index in [4.69, 9.17) is 51.6 Å². The third-order valence-corrected chi connectivity index (χ3v) is 8.99. The molecule has 0 spiro atoms. The fourth-order valence-corrected chi connectivity index (χ4v) is 6.05. The third kappa shape index (κ3) is 7.72. The molecule has 0 amide bonds. The van der Waals surface area contributed by atoms with Gasteiger partial charge in [0.15, 0.2) is 12.6 Å². The molecular formula is C25H38Cl2N6O14. The van der Waals surface area contributed by atoms with Crippen molar-refractivity contribution in [2.75, 3.05) is 19.6 Å². The molecule has 2 aromatic rings. The number of rotatable bonds is 13. The van der Waals surface area contributed by atoms with Crippen LogP contribution >= 0.6 is 23.2 Å². The number of methoxy groups -OCH3 is 1. The van der Waals surface area contributed by atoms with Crippen molar-refractivity contribution < 1.29 is 69.3 Å². The van der Waals surface area contributed by atoms with Crippen molar-refractivity contribution >= 4 is 23.2 Å². The normalized spacial score (nSPS) is 41.0. The zero-order valence-corrected chi connectivity index (χ0v) is 26.4. The Kier molecular flexibility index (Phi) is 12.0. The van der Waals surface area contributed by atoms with Crippen LogP contribution in [0.3, 0.4) is 0 Å². The van der Waals surface area contributed by atoms with Crippen molar-refractivity contribution in [2.24, 2.45) is 0 Å². The van der Waals surface area contributed by atoms with E-state index in [2.05, 4.69) is 20.6 Å². The Morgan fingerprint density at radius 1 is 0.830 bits per heavy atom. The van der Waals surface area contributed by atoms with Gasteiger partial charge in [0.1, 0.15) is 67.4 Å². The highest BCUT2D eigenvalue weighted by Gasteiger charge is 2.58. The van der Waals surface area contributed by atoms with Crippen molar-refractivity contribution in [1.29, 1.82) is 0 Å². The first-order valence-electron chi connectivity index (χ1n) is 14.5. The minimum atomic E-state index is -2.10. The first-order valence-corrected chi connectivity index (χ1v) is 15.5. The van der Waals surface area contributed by atoms with Crippen LogP contribution in [0.4, 0.5) is 0 Å². The van der Waals surface area contributed by atoms with E-state index >= 15 is 0 Å². The van der Waals surface area contributed by atoms with Crippen LogP contribution in [0.5, 0.6) is 0 Å². The molecule has 266 valence electrons. The van der Waals surface area contributed by atoms with Gasteiger partial charge in [-0.2, -0.15) is 0 Å². The van der Waals surface area contributed by atoms with Crippen LogP contribution in [-0.2, 0) is 54.7 Å². The van der Waals surface area contributed by atoms with Crippen molar-refractivity contribution in [3.8, 4) is 0 Å². The molecule has 5 rings (SSSR count). The molecule has 2 aromatic heterocycles. The Hall–Kier alpha value is -1.70. The Balaban J connectivity index is 1.18. The molecule has 8 N–H and O–H groups in total. The second kappa shape index (κ2) is 15.5. The average molecular weight is 718 g/mol. The smallest absolute Gasteiger partial charge is 0.214 e. The maximum atomic E-state index is 10.8. The summed E-state index contributed by atoms with van der Waals surface area (Å²) in [4.78, 5) is 0. The molecule has 0 aliphatic carbocycles. The lowest BCUT2D eigenvalue weighted by atomic mass is 9.96. The molecule has 14 atom stereocenters. The van der Waals surface area contributed by atoms with Gasteiger partial charge in [-0.3, -0.25) is 0 Å². The summed E-state index contributed by atoms with van der Waals surface area (Å²) in [6, 6.07) is 0. The van der Waals surface area contributed by atoms with Crippen LogP contribution in [0.2, 0.25) is 0 Å². The summed E-state index contributed by atoms with van der Waals surface area (Å²) in [6.07, 6.45) is -14.4. The van der Waals surface area contributed by atoms with Gasteiger partial charge >= 0.3 is 0 Å². The molecule has 3 saturated heterocycles. The van der Waals surface area contributed by atoms with Gasteiger partial charge in [0.2, 0.25) is 5.79 Å². The molecule has 1 unspecified atom stereocenters. The van der Waals surface area contributed by atoms with Gasteiger partial charge in [-0.1, -0.05) is 10.4 Å². The molecule has 20 nitrogen and oxygen atoms in total. The highest BCUT2D eigenvalue weighted by atomic mass is 35.5. The monoisotopic (exact) mass is 716 g/mol. The van der Waals surface area contributed by atoms with Gasteiger partial charge in [-0.25, -0.2) is 9.36 Å². The van der Waals surface area contributed by atoms with E-state index in [1.165, 1.54) is 22.7 Å². The Morgan fingerprint density at radius 3 is 2.19 bits per heavy atom. The fourth-order valence-electron chi connectivity index (χ4n) is 5.48. The van der Waals surface area contributed by atoms with Crippen LogP contribution in [0.1, 0.15) is 11.4 Å². The summed E-state index contributed by atoms with van der Waals surface area (Å²) < 4.78 is 36.0. The number of hydrogen-bond donors (Lipinski definition) is 8. The predicted octanol–water partition coefficient (Wildman–Crippen LogP) is -4.84. The van der Waals surface area contributed by atoms with E-state index in [1.807, 2.05) is 0 Å². The number of hydrogen-bond acceptors (Lipinski definition) is 18. The summed E-state index contributed by atoms with van der Waals surface area (Å²) in [5.74, 6) is -2.64. The van der Waals surface area contributed by atoms with Gasteiger partial charge < -0.3 is 69.3 Å². The zero-order chi connectivity index (χ0) is 34.0. The molecule has 5 heterocycles. The summed E-state index contributed by atoms with van der Waals surface area (Å²) in [5, 5.41) is 97.8. The molecule has 3 aliphatic rings. The standard InChI is InChI=1S/C25H38Cl2N6O14/c1-42-9-33-3-10(28-31-33)2-12-16(35)19(38)21(40)23(44-12)43-7-11-4-32(30-29-11)5-13-17(36)22(41)25(8-26,46-13)47-24-20(39)18(37)15(27)14(6-34)45-24/h3-4,12-24,34-41H,2,5-9H2,1H3/t12-,13-,14-,15+,16+,17-,18+,19+,20-,21+,22+,23-,24?,25+/m1/s1. The number of aliphatic hydroxyl groups is 8. The molecule has 0 bridgehead atoms. The molecular weight excluding hydrogens is 679 g/mol. The minimum Gasteiger partial charge on any atom is -0.394 e. The van der Waals surface area contributed by atoms with Crippen LogP contribution in [0.25, 0.3) is 0 Å². The molecule has 0 radical (unpaired) electrons. The Labute approximate surface area is 276 Å². The van der Waals surface area contributed by atoms with Crippen LogP contribution in [0.15, 0.2) is 12.4 Å². The number of nitrogens with zero attached hydrogens (tertiary/aromatic N) is 6. The van der Waals surface area contributed by atoms with Crippen molar-refractivity contribution in [1.82, 2.24) is 30.0 Å². The lowest BCUT2D eigenvalue weighted by molar-refractivity contribution is -0.358. The lowest BCUT2D eigenvalue weighted by Crippen LogP contribution is -2.61. The second-order valence-electron chi connectivity index (χ2n) is 11.4. The predicted molar refractivity (Wildman–Crippen MR) is 151 cm³/mol. The summed E-state index contributed by atoms with van der Waals surface area (Å²) in [5.41, 5.74) is 0.687. The number of ether oxygens (including phenoxy) is 6. The van der Waals surface area contributed by atoms with E-state index < -0.39 is 97.3 Å². The topological polar surface area (TPSA) is 279 Å². The van der Waals surface area contributed by atoms with Crippen molar-refractivity contribution in [3.05, 3.63) is 23.8 Å². The molecule has 0 aromatic carbocycles. The Morgan fingerprint density at radius 2 is 1.49 bits per heavy atom. The zero-order valence-electron chi connectivity index (χ0n) is 24.9. The van der Waals surface area contributed by atoms with Gasteiger partial charge in [0.25, 0.3) is 0 Å². The van der Waals surface area contributed by atoms with E-state index in [9.17, 15) is 40.9 Å². The van der Waals surface area contributed by atoms with Gasteiger partial charge in [0.05, 0.1) is 55.2 Å². The van der Waals surface area contributed by atoms with Gasteiger partial charge in [-0.15, -0.1) is 33.4 Å². The van der Waals surface area contributed by atoms with Crippen molar-refractivity contribution in [3.63, 3.8) is 0 Å². The molecule has 22 heteroatoms. The summed E-state index contributed by atoms with van der Waals surface area (Å²) in [6.45, 7) is -0.868. The molecule has 3 fully saturated rings. The van der Waals surface area contributed by atoms with Gasteiger partial charge in [-0.05, 0) is 0 Å². The number of aromatic nitrogens is 6. The number of halogens is 2. The largest absolute Gasteiger partial charge is 0.394 e. The maximum absolute atomic E-state index is 10.8. The highest BCUT2D eigenvalue weighted by Crippen LogP contribution is 2.38. The van der Waals surface area contributed by atoms with Crippen LogP contribution in [-0.4, -0.2) is 175 Å². The van der Waals surface area contributed by atoms with Crippen LogP contribution in [0, 0.1) is 0 Å². The quantitative estimate of drug-likeness (QED) is 0.0902. The van der Waals surface area contributed by atoms with E-state index in [0.717, 1.165) is 0 Å². The second-order valence-corrected chi connectivity index (χ2v) is 12.2. The van der Waals surface area contributed by atoms with Gasteiger partial charge in [0, 0.05) is 13.5 Å². The first-order chi connectivity index (χ1) is 22.4. The van der Waals surface area contributed by atoms with E-state index in [1.54, 1.807) is 6.20 Å². The third-order valence-electron chi connectivity index (χ3n) is 8.08.